The molecular formula is C21H28N4O. The first kappa shape index (κ1) is 18.4. The van der Waals surface area contributed by atoms with E-state index in [0.717, 1.165) is 32.4 Å². The maximum atomic E-state index is 12.3. The number of amides is 1. The van der Waals surface area contributed by atoms with Crippen LogP contribution in [0.2, 0.25) is 0 Å². The Bertz CT molecular complexity index is 677. The molecule has 2 unspecified atom stereocenters. The molecule has 138 valence electrons. The number of hydrazine groups is 1. The van der Waals surface area contributed by atoms with Crippen molar-refractivity contribution in [2.45, 2.75) is 31.3 Å². The first-order valence-electron chi connectivity index (χ1n) is 9.34. The number of anilines is 1. The molecule has 26 heavy (non-hydrogen) atoms. The average molecular weight is 352 g/mol. The number of unbranched alkanes of at least 4 members (excludes halogenated alkanes) is 1. The van der Waals surface area contributed by atoms with E-state index >= 15 is 0 Å². The molecule has 3 rings (SSSR count). The topological polar surface area (TPSA) is 56.4 Å². The van der Waals surface area contributed by atoms with E-state index in [0.29, 0.717) is 0 Å². The fourth-order valence-corrected chi connectivity index (χ4v) is 3.25. The van der Waals surface area contributed by atoms with Crippen molar-refractivity contribution >= 4 is 11.6 Å². The minimum atomic E-state index is -0.174. The smallest absolute Gasteiger partial charge is 0.238 e. The van der Waals surface area contributed by atoms with E-state index in [-0.39, 0.29) is 18.0 Å². The van der Waals surface area contributed by atoms with Gasteiger partial charge < -0.3 is 10.2 Å². The Kier molecular flexibility index (Phi) is 6.63. The second-order valence-electron chi connectivity index (χ2n) is 6.80. The number of benzene rings is 2. The Hall–Kier alpha value is -2.37. The van der Waals surface area contributed by atoms with Crippen LogP contribution in [-0.2, 0) is 4.79 Å². The lowest BCUT2D eigenvalue weighted by Gasteiger charge is -2.19. The van der Waals surface area contributed by atoms with Gasteiger partial charge in [0.15, 0.2) is 0 Å². The van der Waals surface area contributed by atoms with Crippen LogP contribution in [0.15, 0.2) is 60.7 Å². The zero-order valence-corrected chi connectivity index (χ0v) is 15.3. The molecule has 0 aromatic heterocycles. The van der Waals surface area contributed by atoms with Gasteiger partial charge in [-0.1, -0.05) is 48.5 Å². The monoisotopic (exact) mass is 352 g/mol. The highest BCUT2D eigenvalue weighted by Crippen LogP contribution is 2.21. The fourth-order valence-electron chi connectivity index (χ4n) is 3.25. The van der Waals surface area contributed by atoms with Crippen molar-refractivity contribution in [2.24, 2.45) is 0 Å². The summed E-state index contributed by atoms with van der Waals surface area (Å²) in [5, 5.41) is 3.05. The largest absolute Gasteiger partial charge is 0.375 e. The number of nitrogens with one attached hydrogen (secondary N) is 3. The second-order valence-corrected chi connectivity index (χ2v) is 6.80. The van der Waals surface area contributed by atoms with Gasteiger partial charge in [0.1, 0.15) is 6.04 Å². The van der Waals surface area contributed by atoms with E-state index in [1.54, 1.807) is 0 Å². The number of hydrogen-bond acceptors (Lipinski definition) is 4. The van der Waals surface area contributed by atoms with Gasteiger partial charge in [-0.15, -0.1) is 0 Å². The molecule has 2 aromatic rings. The van der Waals surface area contributed by atoms with E-state index < -0.39 is 0 Å². The number of carbonyl (C=O) groups excluding carboxylic acids is 1. The van der Waals surface area contributed by atoms with Crippen LogP contribution in [0.25, 0.3) is 0 Å². The molecule has 5 nitrogen and oxygen atoms in total. The van der Waals surface area contributed by atoms with Crippen molar-refractivity contribution in [3.63, 3.8) is 0 Å². The molecular weight excluding hydrogens is 324 g/mol. The number of hydrogen-bond donors (Lipinski definition) is 3. The minimum Gasteiger partial charge on any atom is -0.375 e. The zero-order chi connectivity index (χ0) is 18.2. The summed E-state index contributed by atoms with van der Waals surface area (Å²) < 4.78 is 0. The summed E-state index contributed by atoms with van der Waals surface area (Å²) in [4.78, 5) is 14.6. The van der Waals surface area contributed by atoms with Gasteiger partial charge in [0, 0.05) is 31.9 Å². The lowest BCUT2D eigenvalue weighted by molar-refractivity contribution is -0.122. The molecule has 1 amide bonds. The molecule has 5 heteroatoms. The van der Waals surface area contributed by atoms with Crippen molar-refractivity contribution in [3.05, 3.63) is 66.2 Å². The predicted octanol–water partition coefficient (Wildman–Crippen LogP) is 2.63. The Balaban J connectivity index is 1.32. The van der Waals surface area contributed by atoms with Gasteiger partial charge in [-0.05, 0) is 37.0 Å². The lowest BCUT2D eigenvalue weighted by atomic mass is 10.0. The molecule has 1 heterocycles. The highest BCUT2D eigenvalue weighted by molar-refractivity contribution is 5.82. The van der Waals surface area contributed by atoms with Gasteiger partial charge in [0.05, 0.1) is 0 Å². The summed E-state index contributed by atoms with van der Waals surface area (Å²) in [6.45, 7) is 1.70. The Morgan fingerprint density at radius 2 is 1.73 bits per heavy atom. The van der Waals surface area contributed by atoms with Gasteiger partial charge in [0.2, 0.25) is 5.91 Å². The van der Waals surface area contributed by atoms with Crippen LogP contribution in [-0.4, -0.2) is 32.1 Å². The van der Waals surface area contributed by atoms with Gasteiger partial charge in [-0.3, -0.25) is 4.79 Å². The van der Waals surface area contributed by atoms with Crippen LogP contribution >= 0.6 is 0 Å². The highest BCUT2D eigenvalue weighted by Gasteiger charge is 2.29. The maximum absolute atomic E-state index is 12.3. The SMILES string of the molecule is CN(CCCCNC(=O)C1CC(c2ccccc2)NN1)c1ccccc1. The molecule has 3 N–H and O–H groups in total. The molecule has 0 bridgehead atoms. The summed E-state index contributed by atoms with van der Waals surface area (Å²) >= 11 is 0. The third-order valence-electron chi connectivity index (χ3n) is 4.84. The molecule has 2 atom stereocenters. The Labute approximate surface area is 155 Å². The molecule has 0 radical (unpaired) electrons. The summed E-state index contributed by atoms with van der Waals surface area (Å²) in [6, 6.07) is 20.6. The molecule has 0 aliphatic carbocycles. The quantitative estimate of drug-likeness (QED) is 0.639. The average Bonchev–Trinajstić information content (AvgIpc) is 3.19. The molecule has 0 spiro atoms. The highest BCUT2D eigenvalue weighted by atomic mass is 16.2. The van der Waals surface area contributed by atoms with Gasteiger partial charge in [-0.2, -0.15) is 0 Å². The van der Waals surface area contributed by atoms with Crippen LogP contribution < -0.4 is 21.1 Å². The Morgan fingerprint density at radius 3 is 2.46 bits per heavy atom. The van der Waals surface area contributed by atoms with E-state index in [4.69, 9.17) is 0 Å². The van der Waals surface area contributed by atoms with Gasteiger partial charge in [0.25, 0.3) is 0 Å². The molecule has 1 aliphatic rings. The van der Waals surface area contributed by atoms with Crippen molar-refractivity contribution < 1.29 is 4.79 Å². The normalized spacial score (nSPS) is 19.3. The molecule has 2 aromatic carbocycles. The summed E-state index contributed by atoms with van der Waals surface area (Å²) in [7, 11) is 2.10. The number of para-hydroxylation sites is 1. The standard InChI is InChI=1S/C21H28N4O/c1-25(18-12-6-3-7-13-18)15-9-8-14-22-21(26)20-16-19(23-24-20)17-10-4-2-5-11-17/h2-7,10-13,19-20,23-24H,8-9,14-16H2,1H3,(H,22,26). The second kappa shape index (κ2) is 9.36. The van der Waals surface area contributed by atoms with Crippen LogP contribution in [0.1, 0.15) is 30.9 Å². The van der Waals surface area contributed by atoms with E-state index in [2.05, 4.69) is 64.5 Å². The van der Waals surface area contributed by atoms with Crippen LogP contribution in [0.4, 0.5) is 5.69 Å². The number of nitrogens with zero attached hydrogens (tertiary/aromatic N) is 1. The predicted molar refractivity (Wildman–Crippen MR) is 106 cm³/mol. The molecule has 1 saturated heterocycles. The zero-order valence-electron chi connectivity index (χ0n) is 15.3. The first-order chi connectivity index (χ1) is 12.7. The molecule has 1 fully saturated rings. The van der Waals surface area contributed by atoms with Crippen molar-refractivity contribution in [1.82, 2.24) is 16.2 Å². The van der Waals surface area contributed by atoms with Crippen LogP contribution in [0, 0.1) is 0 Å². The van der Waals surface area contributed by atoms with Crippen LogP contribution in [0.3, 0.4) is 0 Å². The van der Waals surface area contributed by atoms with E-state index in [9.17, 15) is 4.79 Å². The number of rotatable bonds is 8. The fraction of sp³-hybridized carbons (Fsp3) is 0.381. The molecule has 1 aliphatic heterocycles. The molecule has 0 saturated carbocycles. The third-order valence-corrected chi connectivity index (χ3v) is 4.84. The van der Waals surface area contributed by atoms with E-state index in [1.807, 2.05) is 24.3 Å². The third kappa shape index (κ3) is 5.07. The maximum Gasteiger partial charge on any atom is 0.238 e. The van der Waals surface area contributed by atoms with Gasteiger partial charge >= 0.3 is 0 Å². The van der Waals surface area contributed by atoms with Crippen molar-refractivity contribution in [1.29, 1.82) is 0 Å². The summed E-state index contributed by atoms with van der Waals surface area (Å²) in [6.07, 6.45) is 2.80. The van der Waals surface area contributed by atoms with Gasteiger partial charge in [-0.25, -0.2) is 10.9 Å². The lowest BCUT2D eigenvalue weighted by Crippen LogP contribution is -2.43. The van der Waals surface area contributed by atoms with E-state index in [1.165, 1.54) is 11.3 Å². The summed E-state index contributed by atoms with van der Waals surface area (Å²) in [5.41, 5.74) is 8.77. The minimum absolute atomic E-state index is 0.0762. The summed E-state index contributed by atoms with van der Waals surface area (Å²) in [5.74, 6) is 0.0762. The number of carbonyl (C=O) groups is 1. The first-order valence-corrected chi connectivity index (χ1v) is 9.34. The van der Waals surface area contributed by atoms with Crippen molar-refractivity contribution in [3.8, 4) is 0 Å². The van der Waals surface area contributed by atoms with Crippen molar-refractivity contribution in [2.75, 3.05) is 25.0 Å². The Morgan fingerprint density at radius 1 is 1.04 bits per heavy atom. The van der Waals surface area contributed by atoms with Crippen LogP contribution in [0.5, 0.6) is 0 Å².